The van der Waals surface area contributed by atoms with Crippen LogP contribution in [0.15, 0.2) is 29.3 Å². The van der Waals surface area contributed by atoms with Crippen molar-refractivity contribution in [2.24, 2.45) is 4.99 Å². The molecule has 3 nitrogen and oxygen atoms in total. The predicted molar refractivity (Wildman–Crippen MR) is 47.6 cm³/mol. The van der Waals surface area contributed by atoms with Crippen LogP contribution in [0.4, 0.5) is 0 Å². The Morgan fingerprint density at radius 3 is 3.15 bits per heavy atom. The van der Waals surface area contributed by atoms with Gasteiger partial charge >= 0.3 is 0 Å². The van der Waals surface area contributed by atoms with Crippen LogP contribution in [0, 0.1) is 0 Å². The van der Waals surface area contributed by atoms with Crippen LogP contribution < -0.4 is 4.74 Å². The van der Waals surface area contributed by atoms with Gasteiger partial charge < -0.3 is 4.74 Å². The minimum atomic E-state index is 0.0128. The largest absolute Gasteiger partial charge is 0.488 e. The van der Waals surface area contributed by atoms with Gasteiger partial charge in [0.05, 0.1) is 6.54 Å². The van der Waals surface area contributed by atoms with E-state index < -0.39 is 0 Å². The lowest BCUT2D eigenvalue weighted by Gasteiger charge is -2.04. The molecular weight excluding hydrogens is 166 g/mol. The van der Waals surface area contributed by atoms with E-state index in [-0.39, 0.29) is 6.10 Å². The zero-order valence-corrected chi connectivity index (χ0v) is 7.06. The van der Waals surface area contributed by atoms with Gasteiger partial charge in [0.2, 0.25) is 6.08 Å². The number of aliphatic imine (C=N–C) groups is 1. The van der Waals surface area contributed by atoms with Crippen LogP contribution in [-0.2, 0) is 11.2 Å². The van der Waals surface area contributed by atoms with Crippen molar-refractivity contribution in [3.63, 3.8) is 0 Å². The fourth-order valence-corrected chi connectivity index (χ4v) is 1.49. The molecule has 1 atom stereocenters. The molecular formula is C10H9NO2. The molecule has 1 aromatic rings. The summed E-state index contributed by atoms with van der Waals surface area (Å²) in [7, 11) is 0. The maximum absolute atomic E-state index is 9.89. The molecule has 0 saturated heterocycles. The molecule has 1 unspecified atom stereocenters. The first-order valence-electron chi connectivity index (χ1n) is 4.18. The van der Waals surface area contributed by atoms with Gasteiger partial charge in [-0.15, -0.1) is 0 Å². The van der Waals surface area contributed by atoms with Crippen molar-refractivity contribution in [3.05, 3.63) is 29.8 Å². The number of fused-ring (bicyclic) bond motifs is 1. The first-order valence-corrected chi connectivity index (χ1v) is 4.18. The van der Waals surface area contributed by atoms with Crippen molar-refractivity contribution in [2.75, 3.05) is 6.54 Å². The minimum absolute atomic E-state index is 0.0128. The average molecular weight is 175 g/mol. The van der Waals surface area contributed by atoms with Crippen LogP contribution in [0.5, 0.6) is 5.75 Å². The first kappa shape index (κ1) is 8.02. The summed E-state index contributed by atoms with van der Waals surface area (Å²) in [5.41, 5.74) is 1.19. The third-order valence-electron chi connectivity index (χ3n) is 2.07. The second-order valence-electron chi connectivity index (χ2n) is 2.98. The zero-order valence-electron chi connectivity index (χ0n) is 7.06. The number of para-hydroxylation sites is 1. The molecule has 1 aromatic carbocycles. The Morgan fingerprint density at radius 2 is 2.38 bits per heavy atom. The molecule has 66 valence electrons. The number of hydrogen-bond acceptors (Lipinski definition) is 3. The van der Waals surface area contributed by atoms with Crippen LogP contribution in [0.25, 0.3) is 0 Å². The maximum atomic E-state index is 9.89. The Hall–Kier alpha value is -1.60. The molecule has 0 saturated carbocycles. The lowest BCUT2D eigenvalue weighted by atomic mass is 10.1. The normalized spacial score (nSPS) is 18.6. The number of ether oxygens (including phenoxy) is 1. The van der Waals surface area contributed by atoms with Gasteiger partial charge in [-0.3, -0.25) is 0 Å². The van der Waals surface area contributed by atoms with Gasteiger partial charge in [-0.05, 0) is 11.6 Å². The number of isocyanates is 1. The second-order valence-corrected chi connectivity index (χ2v) is 2.98. The van der Waals surface area contributed by atoms with E-state index in [2.05, 4.69) is 4.99 Å². The van der Waals surface area contributed by atoms with Crippen molar-refractivity contribution in [2.45, 2.75) is 12.5 Å². The highest BCUT2D eigenvalue weighted by Gasteiger charge is 2.21. The molecule has 13 heavy (non-hydrogen) atoms. The lowest BCUT2D eigenvalue weighted by Crippen LogP contribution is -2.16. The van der Waals surface area contributed by atoms with E-state index in [4.69, 9.17) is 4.74 Å². The van der Waals surface area contributed by atoms with Gasteiger partial charge in [0.1, 0.15) is 11.9 Å². The molecule has 0 bridgehead atoms. The summed E-state index contributed by atoms with van der Waals surface area (Å²) in [6, 6.07) is 7.87. The molecule has 0 N–H and O–H groups in total. The molecule has 0 amide bonds. The van der Waals surface area contributed by atoms with Gasteiger partial charge in [0.25, 0.3) is 0 Å². The molecule has 1 aliphatic heterocycles. The van der Waals surface area contributed by atoms with Crippen LogP contribution in [0.1, 0.15) is 5.56 Å². The summed E-state index contributed by atoms with van der Waals surface area (Å²) in [5.74, 6) is 0.911. The summed E-state index contributed by atoms with van der Waals surface area (Å²) in [6.07, 6.45) is 2.36. The van der Waals surface area contributed by atoms with E-state index in [1.807, 2.05) is 24.3 Å². The molecule has 1 aliphatic rings. The van der Waals surface area contributed by atoms with Crippen LogP contribution in [-0.4, -0.2) is 18.7 Å². The molecule has 0 fully saturated rings. The molecule has 0 aromatic heterocycles. The SMILES string of the molecule is O=C=NCC1Cc2ccccc2O1. The van der Waals surface area contributed by atoms with E-state index in [0.717, 1.165) is 12.2 Å². The topological polar surface area (TPSA) is 38.7 Å². The van der Waals surface area contributed by atoms with E-state index >= 15 is 0 Å². The molecule has 0 radical (unpaired) electrons. The Bertz CT molecular complexity index is 331. The first-order chi connectivity index (χ1) is 6.40. The molecule has 2 rings (SSSR count). The standard InChI is InChI=1S/C10H9NO2/c12-7-11-6-9-5-8-3-1-2-4-10(8)13-9/h1-4,9H,5-6H2. The molecule has 1 heterocycles. The highest BCUT2D eigenvalue weighted by molar-refractivity contribution is 5.38. The van der Waals surface area contributed by atoms with Crippen molar-refractivity contribution in [3.8, 4) is 5.75 Å². The number of hydrogen-bond donors (Lipinski definition) is 0. The van der Waals surface area contributed by atoms with E-state index in [0.29, 0.717) is 6.54 Å². The van der Waals surface area contributed by atoms with Gasteiger partial charge in [-0.1, -0.05) is 18.2 Å². The average Bonchev–Trinajstić information content (AvgIpc) is 2.57. The van der Waals surface area contributed by atoms with Crippen LogP contribution >= 0.6 is 0 Å². The highest BCUT2D eigenvalue weighted by Crippen LogP contribution is 2.27. The summed E-state index contributed by atoms with van der Waals surface area (Å²) in [6.45, 7) is 0.401. The Balaban J connectivity index is 2.09. The maximum Gasteiger partial charge on any atom is 0.235 e. The molecule has 0 aliphatic carbocycles. The van der Waals surface area contributed by atoms with Gasteiger partial charge in [-0.25, -0.2) is 9.79 Å². The summed E-state index contributed by atoms with van der Waals surface area (Å²) < 4.78 is 5.54. The second kappa shape index (κ2) is 3.42. The molecule has 3 heteroatoms. The minimum Gasteiger partial charge on any atom is -0.488 e. The van der Waals surface area contributed by atoms with E-state index in [1.165, 1.54) is 11.6 Å². The third kappa shape index (κ3) is 1.60. The number of benzene rings is 1. The van der Waals surface area contributed by atoms with Crippen LogP contribution in [0.3, 0.4) is 0 Å². The Morgan fingerprint density at radius 1 is 1.54 bits per heavy atom. The monoisotopic (exact) mass is 175 g/mol. The van der Waals surface area contributed by atoms with Crippen molar-refractivity contribution in [1.29, 1.82) is 0 Å². The van der Waals surface area contributed by atoms with Crippen molar-refractivity contribution in [1.82, 2.24) is 0 Å². The lowest BCUT2D eigenvalue weighted by molar-refractivity contribution is 0.242. The van der Waals surface area contributed by atoms with E-state index in [1.54, 1.807) is 0 Å². The fraction of sp³-hybridized carbons (Fsp3) is 0.300. The summed E-state index contributed by atoms with van der Waals surface area (Å²) >= 11 is 0. The number of rotatable bonds is 2. The smallest absolute Gasteiger partial charge is 0.235 e. The summed E-state index contributed by atoms with van der Waals surface area (Å²) in [5, 5.41) is 0. The third-order valence-corrected chi connectivity index (χ3v) is 2.07. The fourth-order valence-electron chi connectivity index (χ4n) is 1.49. The number of carbonyl (C=O) groups excluding carboxylic acids is 1. The summed E-state index contributed by atoms with van der Waals surface area (Å²) in [4.78, 5) is 13.4. The Labute approximate surface area is 76.1 Å². The highest BCUT2D eigenvalue weighted by atomic mass is 16.5. The number of nitrogens with zero attached hydrogens (tertiary/aromatic N) is 1. The van der Waals surface area contributed by atoms with Crippen LogP contribution in [0.2, 0.25) is 0 Å². The van der Waals surface area contributed by atoms with Gasteiger partial charge in [0.15, 0.2) is 0 Å². The zero-order chi connectivity index (χ0) is 9.10. The Kier molecular flexibility index (Phi) is 2.11. The van der Waals surface area contributed by atoms with Crippen molar-refractivity contribution >= 4 is 6.08 Å². The van der Waals surface area contributed by atoms with E-state index in [9.17, 15) is 4.79 Å². The predicted octanol–water partition coefficient (Wildman–Crippen LogP) is 1.33. The van der Waals surface area contributed by atoms with Gasteiger partial charge in [0, 0.05) is 6.42 Å². The quantitative estimate of drug-likeness (QED) is 0.502. The van der Waals surface area contributed by atoms with Gasteiger partial charge in [-0.2, -0.15) is 0 Å². The van der Waals surface area contributed by atoms with Crippen molar-refractivity contribution < 1.29 is 9.53 Å². The molecule has 0 spiro atoms.